The van der Waals surface area contributed by atoms with Gasteiger partial charge in [0.05, 0.1) is 24.8 Å². The van der Waals surface area contributed by atoms with E-state index in [1.807, 2.05) is 11.2 Å². The van der Waals surface area contributed by atoms with Crippen molar-refractivity contribution in [2.75, 3.05) is 38.2 Å². The Kier molecular flexibility index (Phi) is 6.42. The monoisotopic (exact) mass is 394 g/mol. The van der Waals surface area contributed by atoms with Gasteiger partial charge in [-0.05, 0) is 37.1 Å². The number of amides is 2. The second-order valence-corrected chi connectivity index (χ2v) is 8.38. The van der Waals surface area contributed by atoms with Gasteiger partial charge in [-0.3, -0.25) is 9.59 Å². The van der Waals surface area contributed by atoms with Gasteiger partial charge < -0.3 is 14.9 Å². The van der Waals surface area contributed by atoms with Crippen LogP contribution < -0.4 is 0 Å². The fourth-order valence-electron chi connectivity index (χ4n) is 4.41. The van der Waals surface area contributed by atoms with Crippen molar-refractivity contribution in [3.8, 4) is 0 Å². The minimum absolute atomic E-state index is 0.0181. The Balaban J connectivity index is 1.76. The molecule has 2 fully saturated rings. The lowest BCUT2D eigenvalue weighted by molar-refractivity contribution is -0.151. The maximum atomic E-state index is 13.9. The Hall–Kier alpha value is -1.60. The topological polar surface area (TPSA) is 60.9 Å². The number of carbonyl (C=O) groups is 2. The van der Waals surface area contributed by atoms with Crippen LogP contribution in [0.3, 0.4) is 0 Å². The van der Waals surface area contributed by atoms with E-state index in [0.717, 1.165) is 12.8 Å². The summed E-state index contributed by atoms with van der Waals surface area (Å²) in [5.41, 5.74) is 0.0571. The van der Waals surface area contributed by atoms with E-state index in [1.165, 1.54) is 17.8 Å². The van der Waals surface area contributed by atoms with Crippen molar-refractivity contribution in [2.45, 2.75) is 31.7 Å². The molecule has 0 unspecified atom stereocenters. The summed E-state index contributed by atoms with van der Waals surface area (Å²) in [6.07, 6.45) is 4.32. The number of aliphatic hydroxyl groups is 1. The van der Waals surface area contributed by atoms with Gasteiger partial charge >= 0.3 is 0 Å². The first-order chi connectivity index (χ1) is 13.0. The Labute approximate surface area is 163 Å². The summed E-state index contributed by atoms with van der Waals surface area (Å²) in [5.74, 6) is -0.0359. The fraction of sp³-hybridized carbons (Fsp3) is 0.600. The molecule has 2 aliphatic rings. The zero-order valence-electron chi connectivity index (χ0n) is 15.7. The molecule has 1 N–H and O–H groups in total. The summed E-state index contributed by atoms with van der Waals surface area (Å²) in [4.78, 5) is 29.0. The third-order valence-corrected chi connectivity index (χ3v) is 6.52. The largest absolute Gasteiger partial charge is 0.396 e. The maximum Gasteiger partial charge on any atom is 0.232 e. The summed E-state index contributed by atoms with van der Waals surface area (Å²) in [7, 11) is 0. The molecule has 2 aliphatic heterocycles. The Bertz CT molecular complexity index is 702. The molecule has 2 atom stereocenters. The number of hydrogen-bond donors (Lipinski definition) is 1. The lowest BCUT2D eigenvalue weighted by atomic mass is 9.69. The first-order valence-electron chi connectivity index (χ1n) is 9.41. The van der Waals surface area contributed by atoms with Crippen LogP contribution in [0, 0.1) is 11.2 Å². The van der Waals surface area contributed by atoms with Crippen LogP contribution in [0.5, 0.6) is 0 Å². The van der Waals surface area contributed by atoms with Crippen molar-refractivity contribution in [3.05, 3.63) is 35.6 Å². The molecule has 0 spiro atoms. The van der Waals surface area contributed by atoms with Crippen LogP contribution in [0.1, 0.15) is 24.8 Å². The summed E-state index contributed by atoms with van der Waals surface area (Å²) in [5, 5.41) is 10.1. The Morgan fingerprint density at radius 2 is 2.04 bits per heavy atom. The number of likely N-dealkylation sites (tertiary alicyclic amines) is 2. The Morgan fingerprint density at radius 3 is 2.74 bits per heavy atom. The summed E-state index contributed by atoms with van der Waals surface area (Å²) in [6.45, 7) is 1.64. The maximum absolute atomic E-state index is 13.9. The quantitative estimate of drug-likeness (QED) is 0.829. The van der Waals surface area contributed by atoms with Crippen molar-refractivity contribution < 1.29 is 19.1 Å². The van der Waals surface area contributed by atoms with Crippen LogP contribution in [0.2, 0.25) is 0 Å². The van der Waals surface area contributed by atoms with E-state index in [2.05, 4.69) is 0 Å². The van der Waals surface area contributed by atoms with E-state index in [1.54, 1.807) is 23.1 Å². The number of piperidine rings is 2. The third-order valence-electron chi connectivity index (χ3n) is 5.98. The van der Waals surface area contributed by atoms with E-state index in [-0.39, 0.29) is 42.1 Å². The van der Waals surface area contributed by atoms with E-state index in [4.69, 9.17) is 0 Å². The average Bonchev–Trinajstić information content (AvgIpc) is 2.68. The number of hydrogen-bond acceptors (Lipinski definition) is 4. The number of carbonyl (C=O) groups excluding carboxylic acids is 2. The third kappa shape index (κ3) is 4.14. The predicted octanol–water partition coefficient (Wildman–Crippen LogP) is 1.93. The molecule has 2 amide bonds. The first kappa shape index (κ1) is 20.1. The fourth-order valence-corrected chi connectivity index (χ4v) is 4.82. The van der Waals surface area contributed by atoms with Crippen LogP contribution in [-0.2, 0) is 16.0 Å². The van der Waals surface area contributed by atoms with Crippen LogP contribution in [0.25, 0.3) is 0 Å². The zero-order chi connectivity index (χ0) is 19.4. The smallest absolute Gasteiger partial charge is 0.232 e. The van der Waals surface area contributed by atoms with Gasteiger partial charge in [-0.15, -0.1) is 0 Å². The highest BCUT2D eigenvalue weighted by molar-refractivity contribution is 7.99. The van der Waals surface area contributed by atoms with Gasteiger partial charge in [-0.25, -0.2) is 4.39 Å². The van der Waals surface area contributed by atoms with Gasteiger partial charge in [0.1, 0.15) is 5.82 Å². The van der Waals surface area contributed by atoms with Gasteiger partial charge in [-0.2, -0.15) is 11.8 Å². The van der Waals surface area contributed by atoms with Gasteiger partial charge in [0.15, 0.2) is 0 Å². The van der Waals surface area contributed by atoms with E-state index in [9.17, 15) is 19.1 Å². The summed E-state index contributed by atoms with van der Waals surface area (Å²) < 4.78 is 13.9. The summed E-state index contributed by atoms with van der Waals surface area (Å²) in [6, 6.07) is 6.15. The summed E-state index contributed by atoms with van der Waals surface area (Å²) >= 11 is 1.48. The van der Waals surface area contributed by atoms with Gasteiger partial charge in [-0.1, -0.05) is 18.2 Å². The highest BCUT2D eigenvalue weighted by atomic mass is 32.2. The SMILES string of the molecule is CSCC(=O)N1CCC[C@@]2(CO)CCN(C(=O)Cc3ccccc3F)C[C@H]12. The molecule has 5 nitrogen and oxygen atoms in total. The van der Waals surface area contributed by atoms with Crippen molar-refractivity contribution in [1.82, 2.24) is 9.80 Å². The highest BCUT2D eigenvalue weighted by Gasteiger charge is 2.49. The number of rotatable bonds is 5. The molecule has 0 radical (unpaired) electrons. The molecule has 2 saturated heterocycles. The number of aliphatic hydroxyl groups excluding tert-OH is 1. The molecule has 0 aliphatic carbocycles. The van der Waals surface area contributed by atoms with Crippen molar-refractivity contribution >= 4 is 23.6 Å². The standard InChI is InChI=1S/C20H27FN2O3S/c1-27-13-19(26)23-9-4-7-20(14-24)8-10-22(12-17(20)23)18(25)11-15-5-2-3-6-16(15)21/h2-3,5-6,17,24H,4,7-14H2,1H3/t17-,20-/m0/s1. The lowest BCUT2D eigenvalue weighted by Crippen LogP contribution is -2.64. The number of benzene rings is 1. The Morgan fingerprint density at radius 1 is 1.26 bits per heavy atom. The lowest BCUT2D eigenvalue weighted by Gasteiger charge is -2.54. The number of nitrogens with zero attached hydrogens (tertiary/aromatic N) is 2. The number of halogens is 1. The molecular formula is C20H27FN2O3S. The molecule has 0 saturated carbocycles. The second kappa shape index (κ2) is 8.61. The zero-order valence-corrected chi connectivity index (χ0v) is 16.5. The van der Waals surface area contributed by atoms with Gasteiger partial charge in [0.2, 0.25) is 11.8 Å². The predicted molar refractivity (Wildman–Crippen MR) is 104 cm³/mol. The van der Waals surface area contributed by atoms with Crippen molar-refractivity contribution in [2.24, 2.45) is 5.41 Å². The van der Waals surface area contributed by atoms with E-state index < -0.39 is 0 Å². The molecule has 0 aromatic heterocycles. The van der Waals surface area contributed by atoms with Crippen molar-refractivity contribution in [3.63, 3.8) is 0 Å². The second-order valence-electron chi connectivity index (χ2n) is 7.52. The molecule has 1 aromatic carbocycles. The van der Waals surface area contributed by atoms with Crippen LogP contribution in [-0.4, -0.2) is 71.0 Å². The van der Waals surface area contributed by atoms with Gasteiger partial charge in [0, 0.05) is 25.0 Å². The van der Waals surface area contributed by atoms with Crippen LogP contribution in [0.4, 0.5) is 4.39 Å². The first-order valence-corrected chi connectivity index (χ1v) is 10.8. The molecule has 27 heavy (non-hydrogen) atoms. The molecule has 3 rings (SSSR count). The number of thioether (sulfide) groups is 1. The molecule has 7 heteroatoms. The van der Waals surface area contributed by atoms with E-state index in [0.29, 0.717) is 37.4 Å². The van der Waals surface area contributed by atoms with Crippen molar-refractivity contribution in [1.29, 1.82) is 0 Å². The average molecular weight is 395 g/mol. The minimum atomic E-state index is -0.373. The van der Waals surface area contributed by atoms with Crippen LogP contribution >= 0.6 is 11.8 Å². The molecule has 2 heterocycles. The molecule has 148 valence electrons. The van der Waals surface area contributed by atoms with E-state index >= 15 is 0 Å². The minimum Gasteiger partial charge on any atom is -0.396 e. The molecule has 0 bridgehead atoms. The molecular weight excluding hydrogens is 367 g/mol. The number of fused-ring (bicyclic) bond motifs is 1. The highest BCUT2D eigenvalue weighted by Crippen LogP contribution is 2.42. The van der Waals surface area contributed by atoms with Crippen LogP contribution in [0.15, 0.2) is 24.3 Å². The van der Waals surface area contributed by atoms with Gasteiger partial charge in [0.25, 0.3) is 0 Å². The normalized spacial score (nSPS) is 25.2. The molecule has 1 aromatic rings.